The summed E-state index contributed by atoms with van der Waals surface area (Å²) in [6.45, 7) is -0.0491. The molecule has 1 unspecified atom stereocenters. The summed E-state index contributed by atoms with van der Waals surface area (Å²) < 4.78 is 48.6. The molecule has 0 saturated carbocycles. The summed E-state index contributed by atoms with van der Waals surface area (Å²) in [7, 11) is -5.98. The molecule has 1 rings (SSSR count). The Morgan fingerprint density at radius 2 is 1.90 bits per heavy atom. The summed E-state index contributed by atoms with van der Waals surface area (Å²) in [6.07, 6.45) is 2.56. The topological polar surface area (TPSA) is 112 Å². The molecule has 1 aliphatic heterocycles. The number of piperidine rings is 1. The first kappa shape index (κ1) is 17.3. The summed E-state index contributed by atoms with van der Waals surface area (Å²) >= 11 is 0. The van der Waals surface area contributed by atoms with Gasteiger partial charge in [-0.1, -0.05) is 0 Å². The number of aliphatic carboxylic acids is 1. The average molecular weight is 328 g/mol. The van der Waals surface area contributed by atoms with Gasteiger partial charge in [-0.15, -0.1) is 0 Å². The standard InChI is InChI=1S/C10H20N2O6S2/c1-11(7-8-19(2,15)16)20(17,18)12-6-4-3-5-9(12)10(13)14/h9H,3-8H2,1-2H3,(H,13,14). The lowest BCUT2D eigenvalue weighted by molar-refractivity contribution is -0.142. The average Bonchev–Trinajstić information content (AvgIpc) is 2.34. The third-order valence-corrected chi connectivity index (χ3v) is 6.13. The highest BCUT2D eigenvalue weighted by atomic mass is 32.2. The number of sulfone groups is 1. The second-order valence-electron chi connectivity index (χ2n) is 4.92. The Labute approximate surface area is 119 Å². The number of hydrogen-bond donors (Lipinski definition) is 1. The van der Waals surface area contributed by atoms with Crippen LogP contribution in [0.1, 0.15) is 19.3 Å². The van der Waals surface area contributed by atoms with Crippen LogP contribution >= 0.6 is 0 Å². The van der Waals surface area contributed by atoms with Gasteiger partial charge < -0.3 is 5.11 Å². The monoisotopic (exact) mass is 328 g/mol. The molecule has 118 valence electrons. The highest BCUT2D eigenvalue weighted by Gasteiger charge is 2.38. The van der Waals surface area contributed by atoms with Crippen LogP contribution in [0.15, 0.2) is 0 Å². The maximum absolute atomic E-state index is 12.3. The molecule has 8 nitrogen and oxygen atoms in total. The number of carbonyl (C=O) groups is 1. The van der Waals surface area contributed by atoms with E-state index in [2.05, 4.69) is 0 Å². The molecular weight excluding hydrogens is 308 g/mol. The van der Waals surface area contributed by atoms with Gasteiger partial charge in [-0.3, -0.25) is 4.79 Å². The van der Waals surface area contributed by atoms with Crippen LogP contribution in [0, 0.1) is 0 Å². The van der Waals surface area contributed by atoms with Gasteiger partial charge in [-0.25, -0.2) is 8.42 Å². The first-order chi connectivity index (χ1) is 9.05. The summed E-state index contributed by atoms with van der Waals surface area (Å²) in [4.78, 5) is 11.1. The molecular formula is C10H20N2O6S2. The zero-order valence-corrected chi connectivity index (χ0v) is 13.2. The van der Waals surface area contributed by atoms with Gasteiger partial charge in [0.2, 0.25) is 0 Å². The molecule has 1 aliphatic rings. The van der Waals surface area contributed by atoms with Crippen molar-refractivity contribution in [3.8, 4) is 0 Å². The van der Waals surface area contributed by atoms with Crippen molar-refractivity contribution in [3.05, 3.63) is 0 Å². The SMILES string of the molecule is CN(CCS(C)(=O)=O)S(=O)(=O)N1CCCCC1C(=O)O. The van der Waals surface area contributed by atoms with E-state index in [-0.39, 0.29) is 25.3 Å². The van der Waals surface area contributed by atoms with Crippen LogP contribution in [-0.2, 0) is 24.8 Å². The second-order valence-corrected chi connectivity index (χ2v) is 9.17. The normalized spacial score (nSPS) is 22.1. The maximum Gasteiger partial charge on any atom is 0.322 e. The maximum atomic E-state index is 12.3. The van der Waals surface area contributed by atoms with Gasteiger partial charge in [0.15, 0.2) is 0 Å². The highest BCUT2D eigenvalue weighted by Crippen LogP contribution is 2.22. The zero-order valence-electron chi connectivity index (χ0n) is 11.5. The van der Waals surface area contributed by atoms with Crippen LogP contribution in [0.3, 0.4) is 0 Å². The van der Waals surface area contributed by atoms with Gasteiger partial charge in [-0.2, -0.15) is 17.0 Å². The Kier molecular flexibility index (Phi) is 5.53. The predicted molar refractivity (Wildman–Crippen MR) is 73.2 cm³/mol. The van der Waals surface area contributed by atoms with E-state index in [9.17, 15) is 21.6 Å². The van der Waals surface area contributed by atoms with Gasteiger partial charge in [0.1, 0.15) is 15.9 Å². The van der Waals surface area contributed by atoms with Crippen molar-refractivity contribution in [3.63, 3.8) is 0 Å². The molecule has 0 bridgehead atoms. The molecule has 1 atom stereocenters. The molecule has 0 amide bonds. The summed E-state index contributed by atoms with van der Waals surface area (Å²) in [5, 5.41) is 9.09. The predicted octanol–water partition coefficient (Wildman–Crippen LogP) is -0.853. The van der Waals surface area contributed by atoms with Crippen LogP contribution in [-0.4, -0.2) is 74.7 Å². The van der Waals surface area contributed by atoms with Gasteiger partial charge in [0, 0.05) is 26.4 Å². The number of rotatable bonds is 6. The number of carboxylic acids is 1. The summed E-state index contributed by atoms with van der Waals surface area (Å²) in [5.41, 5.74) is 0. The molecule has 20 heavy (non-hydrogen) atoms. The zero-order chi connectivity index (χ0) is 15.6. The van der Waals surface area contributed by atoms with E-state index in [0.29, 0.717) is 12.8 Å². The van der Waals surface area contributed by atoms with Crippen molar-refractivity contribution in [2.75, 3.05) is 32.1 Å². The Hall–Kier alpha value is -0.710. The van der Waals surface area contributed by atoms with Crippen molar-refractivity contribution in [2.45, 2.75) is 25.3 Å². The minimum absolute atomic E-state index is 0.141. The second kappa shape index (κ2) is 6.37. The molecule has 0 aromatic rings. The Balaban J connectivity index is 2.87. The van der Waals surface area contributed by atoms with E-state index >= 15 is 0 Å². The van der Waals surface area contributed by atoms with E-state index in [0.717, 1.165) is 14.9 Å². The van der Waals surface area contributed by atoms with E-state index in [4.69, 9.17) is 5.11 Å². The first-order valence-corrected chi connectivity index (χ1v) is 9.65. The lowest BCUT2D eigenvalue weighted by Crippen LogP contribution is -2.53. The van der Waals surface area contributed by atoms with Gasteiger partial charge in [-0.05, 0) is 19.3 Å². The minimum atomic E-state index is -3.96. The Morgan fingerprint density at radius 1 is 1.30 bits per heavy atom. The van der Waals surface area contributed by atoms with E-state index < -0.39 is 32.1 Å². The van der Waals surface area contributed by atoms with Crippen molar-refractivity contribution in [1.82, 2.24) is 8.61 Å². The number of carboxylic acid groups (broad SMARTS) is 1. The van der Waals surface area contributed by atoms with E-state index in [1.54, 1.807) is 0 Å². The van der Waals surface area contributed by atoms with Crippen LogP contribution in [0.5, 0.6) is 0 Å². The molecule has 1 fully saturated rings. The van der Waals surface area contributed by atoms with Gasteiger partial charge in [0.25, 0.3) is 10.2 Å². The van der Waals surface area contributed by atoms with Crippen LogP contribution in [0.2, 0.25) is 0 Å². The lowest BCUT2D eigenvalue weighted by Gasteiger charge is -2.34. The van der Waals surface area contributed by atoms with Crippen LogP contribution in [0.4, 0.5) is 0 Å². The van der Waals surface area contributed by atoms with Gasteiger partial charge >= 0.3 is 5.97 Å². The van der Waals surface area contributed by atoms with E-state index in [1.807, 2.05) is 0 Å². The summed E-state index contributed by atoms with van der Waals surface area (Å²) in [6, 6.07) is -1.07. The fourth-order valence-corrected chi connectivity index (χ4v) is 4.29. The van der Waals surface area contributed by atoms with Crippen molar-refractivity contribution in [1.29, 1.82) is 0 Å². The van der Waals surface area contributed by atoms with Crippen LogP contribution in [0.25, 0.3) is 0 Å². The molecule has 1 heterocycles. The highest BCUT2D eigenvalue weighted by molar-refractivity contribution is 7.90. The van der Waals surface area contributed by atoms with Crippen LogP contribution < -0.4 is 0 Å². The van der Waals surface area contributed by atoms with Crippen molar-refractivity contribution in [2.24, 2.45) is 0 Å². The number of nitrogens with zero attached hydrogens (tertiary/aromatic N) is 2. The minimum Gasteiger partial charge on any atom is -0.480 e. The molecule has 0 aromatic carbocycles. The molecule has 0 radical (unpaired) electrons. The largest absolute Gasteiger partial charge is 0.480 e. The Bertz CT molecular complexity index is 556. The molecule has 0 aliphatic carbocycles. The Morgan fingerprint density at radius 3 is 2.40 bits per heavy atom. The molecule has 1 N–H and O–H groups in total. The van der Waals surface area contributed by atoms with Crippen molar-refractivity contribution >= 4 is 26.0 Å². The molecule has 10 heteroatoms. The first-order valence-electron chi connectivity index (χ1n) is 6.19. The quantitative estimate of drug-likeness (QED) is 0.679. The smallest absolute Gasteiger partial charge is 0.322 e. The molecule has 1 saturated heterocycles. The summed E-state index contributed by atoms with van der Waals surface area (Å²) in [5.74, 6) is -1.47. The van der Waals surface area contributed by atoms with Crippen molar-refractivity contribution < 1.29 is 26.7 Å². The van der Waals surface area contributed by atoms with E-state index in [1.165, 1.54) is 7.05 Å². The lowest BCUT2D eigenvalue weighted by atomic mass is 10.1. The number of hydrogen-bond acceptors (Lipinski definition) is 5. The molecule has 0 aromatic heterocycles. The fourth-order valence-electron chi connectivity index (χ4n) is 2.02. The molecule has 0 spiro atoms. The third-order valence-electron chi connectivity index (χ3n) is 3.21. The van der Waals surface area contributed by atoms with Gasteiger partial charge in [0.05, 0.1) is 5.75 Å². The third kappa shape index (κ3) is 4.40. The fraction of sp³-hybridized carbons (Fsp3) is 0.900.